The van der Waals surface area contributed by atoms with Gasteiger partial charge in [0.25, 0.3) is 0 Å². The van der Waals surface area contributed by atoms with Crippen molar-refractivity contribution in [3.63, 3.8) is 0 Å². The number of hydrogen-bond donors (Lipinski definition) is 1. The van der Waals surface area contributed by atoms with Crippen molar-refractivity contribution in [3.05, 3.63) is 48.2 Å². The van der Waals surface area contributed by atoms with E-state index < -0.39 is 0 Å². The maximum Gasteiger partial charge on any atom is 0.320 e. The summed E-state index contributed by atoms with van der Waals surface area (Å²) in [4.78, 5) is 28.1. The fraction of sp³-hybridized carbons (Fsp3) is 0.429. The Labute approximate surface area is 174 Å². The molecular formula is C21H23N5O4. The zero-order valence-electron chi connectivity index (χ0n) is 16.4. The van der Waals surface area contributed by atoms with Crippen molar-refractivity contribution in [2.45, 2.75) is 24.5 Å². The molecule has 1 aromatic heterocycles. The van der Waals surface area contributed by atoms with Gasteiger partial charge in [0.05, 0.1) is 12.1 Å². The number of rotatable bonds is 3. The molecule has 3 aliphatic heterocycles. The molecule has 0 aliphatic carbocycles. The van der Waals surface area contributed by atoms with Gasteiger partial charge in [0.1, 0.15) is 12.4 Å². The van der Waals surface area contributed by atoms with Crippen LogP contribution in [0.2, 0.25) is 0 Å². The molecule has 3 aliphatic rings. The number of morpholine rings is 1. The van der Waals surface area contributed by atoms with Crippen molar-refractivity contribution >= 4 is 11.9 Å². The van der Waals surface area contributed by atoms with E-state index in [1.165, 1.54) is 5.56 Å². The number of benzene rings is 1. The number of nitrogens with one attached hydrogen (secondary N) is 1. The molecule has 1 N–H and O–H groups in total. The summed E-state index contributed by atoms with van der Waals surface area (Å²) in [5.74, 6) is 1.36. The Morgan fingerprint density at radius 2 is 1.97 bits per heavy atom. The molecule has 9 heteroatoms. The lowest BCUT2D eigenvalue weighted by molar-refractivity contribution is -0.139. The molecule has 2 aromatic rings. The third-order valence-electron chi connectivity index (χ3n) is 5.87. The summed E-state index contributed by atoms with van der Waals surface area (Å²) in [6, 6.07) is 11.3. The van der Waals surface area contributed by atoms with Crippen LogP contribution in [0.5, 0.6) is 11.6 Å². The van der Waals surface area contributed by atoms with Crippen molar-refractivity contribution in [2.24, 2.45) is 0 Å². The van der Waals surface area contributed by atoms with Gasteiger partial charge in [-0.3, -0.25) is 4.79 Å². The minimum atomic E-state index is -0.110. The van der Waals surface area contributed by atoms with Crippen molar-refractivity contribution < 1.29 is 19.1 Å². The molecule has 2 atom stereocenters. The number of carbonyl (C=O) groups excluding carboxylic acids is 2. The summed E-state index contributed by atoms with van der Waals surface area (Å²) in [7, 11) is 0. The quantitative estimate of drug-likeness (QED) is 0.823. The molecule has 3 fully saturated rings. The highest BCUT2D eigenvalue weighted by Gasteiger charge is 2.40. The number of aromatic nitrogens is 2. The van der Waals surface area contributed by atoms with Crippen LogP contribution in [0, 0.1) is 0 Å². The van der Waals surface area contributed by atoms with E-state index in [9.17, 15) is 9.59 Å². The van der Waals surface area contributed by atoms with Gasteiger partial charge in [-0.25, -0.2) is 4.79 Å². The summed E-state index contributed by atoms with van der Waals surface area (Å²) in [5, 5.41) is 10.6. The van der Waals surface area contributed by atoms with Gasteiger partial charge in [0.15, 0.2) is 0 Å². The standard InChI is InChI=1S/C21H23N5O4/c27-19-13-29-18-7-9-25(12-17(18)23-19)21(28)26-10-15(11-26)14-3-5-16(6-4-14)30-20-2-1-8-22-24-20/h1-6,8,15,17-18H,7,9-13H2,(H,23,27)/t17-,18?/m1/s1. The van der Waals surface area contributed by atoms with Gasteiger partial charge in [-0.1, -0.05) is 12.1 Å². The first-order valence-corrected chi connectivity index (χ1v) is 10.2. The molecule has 0 saturated carbocycles. The van der Waals surface area contributed by atoms with E-state index in [-0.39, 0.29) is 30.7 Å². The number of fused-ring (bicyclic) bond motifs is 1. The second-order valence-electron chi connectivity index (χ2n) is 7.88. The van der Waals surface area contributed by atoms with Crippen LogP contribution in [0.1, 0.15) is 17.9 Å². The van der Waals surface area contributed by atoms with Gasteiger partial charge in [0, 0.05) is 44.4 Å². The average Bonchev–Trinajstić information content (AvgIpc) is 2.74. The Hall–Kier alpha value is -3.20. The first-order chi connectivity index (χ1) is 14.7. The second kappa shape index (κ2) is 7.91. The Morgan fingerprint density at radius 3 is 2.73 bits per heavy atom. The molecule has 5 rings (SSSR count). The summed E-state index contributed by atoms with van der Waals surface area (Å²) < 4.78 is 11.2. The first kappa shape index (κ1) is 18.8. The van der Waals surface area contributed by atoms with Crippen LogP contribution in [-0.2, 0) is 9.53 Å². The third-order valence-corrected chi connectivity index (χ3v) is 5.87. The molecule has 156 valence electrons. The Balaban J connectivity index is 1.13. The van der Waals surface area contributed by atoms with Gasteiger partial charge >= 0.3 is 6.03 Å². The SMILES string of the molecule is O=C1COC2CCN(C(=O)N3CC(c4ccc(Oc5cccnn5)cc4)C3)C[C@H]2N1. The number of piperidine rings is 1. The molecular weight excluding hydrogens is 386 g/mol. The van der Waals surface area contributed by atoms with E-state index in [1.54, 1.807) is 18.3 Å². The fourth-order valence-corrected chi connectivity index (χ4v) is 4.19. The van der Waals surface area contributed by atoms with E-state index >= 15 is 0 Å². The molecule has 3 saturated heterocycles. The van der Waals surface area contributed by atoms with Crippen molar-refractivity contribution in [1.29, 1.82) is 0 Å². The van der Waals surface area contributed by atoms with E-state index in [0.29, 0.717) is 43.7 Å². The minimum absolute atomic E-state index is 0.0125. The molecule has 3 amide bonds. The smallest absolute Gasteiger partial charge is 0.320 e. The molecule has 1 unspecified atom stereocenters. The van der Waals surface area contributed by atoms with E-state index in [0.717, 1.165) is 6.42 Å². The third kappa shape index (κ3) is 3.80. The van der Waals surface area contributed by atoms with Crippen LogP contribution in [-0.4, -0.2) is 76.9 Å². The van der Waals surface area contributed by atoms with Gasteiger partial charge < -0.3 is 24.6 Å². The maximum absolute atomic E-state index is 12.8. The summed E-state index contributed by atoms with van der Waals surface area (Å²) in [6.07, 6.45) is 2.36. The highest BCUT2D eigenvalue weighted by Crippen LogP contribution is 2.30. The fourth-order valence-electron chi connectivity index (χ4n) is 4.19. The highest BCUT2D eigenvalue weighted by molar-refractivity contribution is 5.79. The van der Waals surface area contributed by atoms with Crippen LogP contribution in [0.4, 0.5) is 4.79 Å². The Bertz CT molecular complexity index is 917. The second-order valence-corrected chi connectivity index (χ2v) is 7.88. The summed E-state index contributed by atoms with van der Waals surface area (Å²) in [6.45, 7) is 2.66. The predicted molar refractivity (Wildman–Crippen MR) is 106 cm³/mol. The maximum atomic E-state index is 12.8. The number of ether oxygens (including phenoxy) is 2. The zero-order chi connectivity index (χ0) is 20.5. The number of carbonyl (C=O) groups is 2. The van der Waals surface area contributed by atoms with Crippen LogP contribution >= 0.6 is 0 Å². The number of likely N-dealkylation sites (tertiary alicyclic amines) is 2. The number of amides is 3. The number of hydrogen-bond acceptors (Lipinski definition) is 6. The molecule has 4 heterocycles. The number of nitrogens with zero attached hydrogens (tertiary/aromatic N) is 4. The van der Waals surface area contributed by atoms with Crippen molar-refractivity contribution in [3.8, 4) is 11.6 Å². The summed E-state index contributed by atoms with van der Waals surface area (Å²) in [5.41, 5.74) is 1.18. The van der Waals surface area contributed by atoms with Gasteiger partial charge in [-0.15, -0.1) is 5.10 Å². The van der Waals surface area contributed by atoms with Gasteiger partial charge in [-0.2, -0.15) is 5.10 Å². The van der Waals surface area contributed by atoms with Gasteiger partial charge in [-0.05, 0) is 30.2 Å². The molecule has 9 nitrogen and oxygen atoms in total. The summed E-state index contributed by atoms with van der Waals surface area (Å²) >= 11 is 0. The van der Waals surface area contributed by atoms with Gasteiger partial charge in [0.2, 0.25) is 11.8 Å². The first-order valence-electron chi connectivity index (χ1n) is 10.2. The van der Waals surface area contributed by atoms with Crippen LogP contribution in [0.15, 0.2) is 42.6 Å². The molecule has 0 bridgehead atoms. The number of urea groups is 1. The Kier molecular flexibility index (Phi) is 4.96. The van der Waals surface area contributed by atoms with Crippen LogP contribution in [0.3, 0.4) is 0 Å². The average molecular weight is 409 g/mol. The lowest BCUT2D eigenvalue weighted by atomic mass is 9.91. The van der Waals surface area contributed by atoms with Crippen molar-refractivity contribution in [2.75, 3.05) is 32.8 Å². The monoisotopic (exact) mass is 409 g/mol. The molecule has 30 heavy (non-hydrogen) atoms. The topological polar surface area (TPSA) is 96.9 Å². The van der Waals surface area contributed by atoms with E-state index in [4.69, 9.17) is 9.47 Å². The molecule has 0 spiro atoms. The minimum Gasteiger partial charge on any atom is -0.438 e. The highest BCUT2D eigenvalue weighted by atomic mass is 16.5. The largest absolute Gasteiger partial charge is 0.438 e. The van der Waals surface area contributed by atoms with Crippen LogP contribution in [0.25, 0.3) is 0 Å². The normalized spacial score (nSPS) is 23.9. The lowest BCUT2D eigenvalue weighted by Crippen LogP contribution is -2.63. The van der Waals surface area contributed by atoms with E-state index in [2.05, 4.69) is 15.5 Å². The van der Waals surface area contributed by atoms with Crippen molar-refractivity contribution in [1.82, 2.24) is 25.3 Å². The van der Waals surface area contributed by atoms with Crippen LogP contribution < -0.4 is 10.1 Å². The Morgan fingerprint density at radius 1 is 1.13 bits per heavy atom. The predicted octanol–water partition coefficient (Wildman–Crippen LogP) is 1.38. The lowest BCUT2D eigenvalue weighted by Gasteiger charge is -2.46. The zero-order valence-corrected chi connectivity index (χ0v) is 16.4. The van der Waals surface area contributed by atoms with E-state index in [1.807, 2.05) is 34.1 Å². The molecule has 0 radical (unpaired) electrons. The molecule has 1 aromatic carbocycles.